The molecule has 0 bridgehead atoms. The number of hydrogen-bond donors (Lipinski definition) is 3. The maximum absolute atomic E-state index is 12.0. The van der Waals surface area contributed by atoms with Gasteiger partial charge in [0.25, 0.3) is 0 Å². The van der Waals surface area contributed by atoms with Crippen LogP contribution in [0.1, 0.15) is 32.6 Å². The first-order chi connectivity index (χ1) is 8.97. The Balaban J connectivity index is 2.03. The van der Waals surface area contributed by atoms with Crippen molar-refractivity contribution in [3.05, 3.63) is 12.1 Å². The molecule has 1 saturated carbocycles. The first-order valence-corrected chi connectivity index (χ1v) is 6.63. The van der Waals surface area contributed by atoms with Crippen LogP contribution in [0, 0.1) is 11.8 Å². The molecule has 0 radical (unpaired) electrons. The van der Waals surface area contributed by atoms with E-state index in [-0.39, 0.29) is 11.9 Å². The van der Waals surface area contributed by atoms with Crippen LogP contribution in [-0.2, 0) is 4.79 Å². The molecular formula is C14H21N3O2. The average Bonchev–Trinajstić information content (AvgIpc) is 2.36. The van der Waals surface area contributed by atoms with Gasteiger partial charge >= 0.3 is 5.97 Å². The number of nitrogen functional groups attached to an aromatic ring is 3. The Morgan fingerprint density at radius 2 is 1.63 bits per heavy atom. The smallest absolute Gasteiger partial charge is 0.314 e. The number of rotatable bonds is 2. The molecule has 1 aromatic rings. The predicted octanol–water partition coefficient (Wildman–Crippen LogP) is 2.16. The van der Waals surface area contributed by atoms with Crippen molar-refractivity contribution in [3.63, 3.8) is 0 Å². The summed E-state index contributed by atoms with van der Waals surface area (Å²) in [4.78, 5) is 12.0. The Kier molecular flexibility index (Phi) is 3.83. The highest BCUT2D eigenvalue weighted by atomic mass is 16.5. The molecule has 0 heterocycles. The molecule has 0 unspecified atom stereocenters. The van der Waals surface area contributed by atoms with Crippen LogP contribution < -0.4 is 21.9 Å². The summed E-state index contributed by atoms with van der Waals surface area (Å²) >= 11 is 0. The molecule has 0 spiro atoms. The highest BCUT2D eigenvalue weighted by molar-refractivity contribution is 5.81. The molecule has 19 heavy (non-hydrogen) atoms. The number of esters is 1. The van der Waals surface area contributed by atoms with E-state index in [0.717, 1.165) is 25.7 Å². The van der Waals surface area contributed by atoms with Crippen molar-refractivity contribution in [2.75, 3.05) is 17.2 Å². The fourth-order valence-corrected chi connectivity index (χ4v) is 2.42. The highest BCUT2D eigenvalue weighted by Crippen LogP contribution is 2.32. The molecule has 1 aliphatic rings. The van der Waals surface area contributed by atoms with Gasteiger partial charge in [0.2, 0.25) is 0 Å². The standard InChI is InChI=1S/C14H21N3O2/c1-8-2-4-9(5-3-8)14(18)19-10-6-11(15)13(17)12(16)7-10/h6-9H,2-5,15-17H2,1H3. The molecule has 0 amide bonds. The van der Waals surface area contributed by atoms with Crippen molar-refractivity contribution in [3.8, 4) is 5.75 Å². The zero-order valence-corrected chi connectivity index (χ0v) is 11.2. The zero-order valence-electron chi connectivity index (χ0n) is 11.2. The fraction of sp³-hybridized carbons (Fsp3) is 0.500. The minimum absolute atomic E-state index is 0.0174. The number of carbonyl (C=O) groups is 1. The van der Waals surface area contributed by atoms with Crippen LogP contribution in [0.3, 0.4) is 0 Å². The van der Waals surface area contributed by atoms with Crippen LogP contribution in [0.4, 0.5) is 17.1 Å². The minimum Gasteiger partial charge on any atom is -0.426 e. The quantitative estimate of drug-likeness (QED) is 0.431. The van der Waals surface area contributed by atoms with Gasteiger partial charge in [0.15, 0.2) is 0 Å². The van der Waals surface area contributed by atoms with Crippen molar-refractivity contribution in [1.29, 1.82) is 0 Å². The Morgan fingerprint density at radius 3 is 2.16 bits per heavy atom. The third-order valence-corrected chi connectivity index (χ3v) is 3.79. The lowest BCUT2D eigenvalue weighted by Gasteiger charge is -2.24. The third-order valence-electron chi connectivity index (χ3n) is 3.79. The van der Waals surface area contributed by atoms with Crippen molar-refractivity contribution in [1.82, 2.24) is 0 Å². The van der Waals surface area contributed by atoms with Gasteiger partial charge in [-0.25, -0.2) is 0 Å². The largest absolute Gasteiger partial charge is 0.426 e. The summed E-state index contributed by atoms with van der Waals surface area (Å²) in [6.07, 6.45) is 3.93. The Morgan fingerprint density at radius 1 is 1.11 bits per heavy atom. The molecule has 6 N–H and O–H groups in total. The lowest BCUT2D eigenvalue weighted by atomic mass is 9.83. The van der Waals surface area contributed by atoms with Crippen LogP contribution in [0.2, 0.25) is 0 Å². The van der Waals surface area contributed by atoms with Crippen molar-refractivity contribution in [2.45, 2.75) is 32.6 Å². The average molecular weight is 263 g/mol. The number of ether oxygens (including phenoxy) is 1. The van der Waals surface area contributed by atoms with E-state index in [9.17, 15) is 4.79 Å². The van der Waals surface area contributed by atoms with Gasteiger partial charge in [-0.05, 0) is 31.6 Å². The van der Waals surface area contributed by atoms with E-state index in [1.54, 1.807) is 0 Å². The zero-order chi connectivity index (χ0) is 14.0. The van der Waals surface area contributed by atoms with Crippen LogP contribution in [0.25, 0.3) is 0 Å². The normalized spacial score (nSPS) is 23.0. The van der Waals surface area contributed by atoms with Crippen LogP contribution in [0.5, 0.6) is 5.75 Å². The lowest BCUT2D eigenvalue weighted by Crippen LogP contribution is -2.25. The second kappa shape index (κ2) is 5.38. The third kappa shape index (κ3) is 3.10. The topological polar surface area (TPSA) is 104 Å². The maximum atomic E-state index is 12.0. The van der Waals surface area contributed by atoms with E-state index < -0.39 is 0 Å². The molecule has 1 aromatic carbocycles. The molecule has 5 nitrogen and oxygen atoms in total. The summed E-state index contributed by atoms with van der Waals surface area (Å²) in [5, 5.41) is 0. The maximum Gasteiger partial charge on any atom is 0.314 e. The Labute approximate surface area is 113 Å². The van der Waals surface area contributed by atoms with Gasteiger partial charge in [0.1, 0.15) is 5.75 Å². The van der Waals surface area contributed by atoms with Gasteiger partial charge < -0.3 is 21.9 Å². The number of nitrogens with two attached hydrogens (primary N) is 3. The van der Waals surface area contributed by atoms with E-state index >= 15 is 0 Å². The van der Waals surface area contributed by atoms with Gasteiger partial charge in [0.05, 0.1) is 23.0 Å². The lowest BCUT2D eigenvalue weighted by molar-refractivity contribution is -0.140. The molecule has 1 fully saturated rings. The minimum atomic E-state index is -0.199. The van der Waals surface area contributed by atoms with E-state index in [0.29, 0.717) is 28.7 Å². The van der Waals surface area contributed by atoms with Crippen LogP contribution in [-0.4, -0.2) is 5.97 Å². The van der Waals surface area contributed by atoms with Gasteiger partial charge in [-0.1, -0.05) is 6.92 Å². The molecule has 0 aromatic heterocycles. The second-order valence-corrected chi connectivity index (χ2v) is 5.39. The van der Waals surface area contributed by atoms with Crippen LogP contribution in [0.15, 0.2) is 12.1 Å². The van der Waals surface area contributed by atoms with E-state index in [2.05, 4.69) is 6.92 Å². The molecule has 104 valence electrons. The molecule has 0 atom stereocenters. The van der Waals surface area contributed by atoms with Gasteiger partial charge in [-0.15, -0.1) is 0 Å². The number of hydrogen-bond acceptors (Lipinski definition) is 5. The molecule has 0 aliphatic heterocycles. The summed E-state index contributed by atoms with van der Waals surface area (Å²) in [7, 11) is 0. The second-order valence-electron chi connectivity index (χ2n) is 5.39. The monoisotopic (exact) mass is 263 g/mol. The van der Waals surface area contributed by atoms with E-state index in [1.807, 2.05) is 0 Å². The van der Waals surface area contributed by atoms with E-state index in [1.165, 1.54) is 12.1 Å². The van der Waals surface area contributed by atoms with Crippen molar-refractivity contribution < 1.29 is 9.53 Å². The number of carbonyl (C=O) groups excluding carboxylic acids is 1. The first-order valence-electron chi connectivity index (χ1n) is 6.63. The Bertz CT molecular complexity index is 457. The number of benzene rings is 1. The van der Waals surface area contributed by atoms with Crippen LogP contribution >= 0.6 is 0 Å². The summed E-state index contributed by atoms with van der Waals surface area (Å²) in [5.41, 5.74) is 18.0. The molecule has 1 aliphatic carbocycles. The summed E-state index contributed by atoms with van der Waals surface area (Å²) in [6.45, 7) is 2.21. The van der Waals surface area contributed by atoms with Crippen molar-refractivity contribution in [2.24, 2.45) is 11.8 Å². The first kappa shape index (κ1) is 13.5. The molecule has 5 heteroatoms. The highest BCUT2D eigenvalue weighted by Gasteiger charge is 2.26. The predicted molar refractivity (Wildman–Crippen MR) is 76.4 cm³/mol. The van der Waals surface area contributed by atoms with Gasteiger partial charge in [-0.2, -0.15) is 0 Å². The number of anilines is 3. The summed E-state index contributed by atoms with van der Waals surface area (Å²) < 4.78 is 5.35. The van der Waals surface area contributed by atoms with Gasteiger partial charge in [0, 0.05) is 12.1 Å². The summed E-state index contributed by atoms with van der Waals surface area (Å²) in [6, 6.07) is 3.07. The Hall–Kier alpha value is -1.91. The fourth-order valence-electron chi connectivity index (χ4n) is 2.42. The molecule has 2 rings (SSSR count). The molecule has 0 saturated heterocycles. The SMILES string of the molecule is CC1CCC(C(=O)Oc2cc(N)c(N)c(N)c2)CC1. The summed E-state index contributed by atoms with van der Waals surface area (Å²) in [5.74, 6) is 0.853. The van der Waals surface area contributed by atoms with E-state index in [4.69, 9.17) is 21.9 Å². The van der Waals surface area contributed by atoms with Crippen molar-refractivity contribution >= 4 is 23.0 Å². The molecular weight excluding hydrogens is 242 g/mol. The van der Waals surface area contributed by atoms with Gasteiger partial charge in [-0.3, -0.25) is 4.79 Å².